The fourth-order valence-corrected chi connectivity index (χ4v) is 4.88. The molecule has 152 valence electrons. The second kappa shape index (κ2) is 8.50. The summed E-state index contributed by atoms with van der Waals surface area (Å²) in [5.41, 5.74) is 0.327. The van der Waals surface area contributed by atoms with E-state index in [-0.39, 0.29) is 30.5 Å². The maximum absolute atomic E-state index is 13.4. The van der Waals surface area contributed by atoms with Crippen molar-refractivity contribution in [2.45, 2.75) is 83.7 Å². The molecule has 3 unspecified atom stereocenters. The predicted octanol–water partition coefficient (Wildman–Crippen LogP) is 2.75. The topological polar surface area (TPSA) is 59.4 Å². The molecule has 1 aromatic rings. The molecular formula is C20H33ClN4O2. The lowest BCUT2D eigenvalue weighted by Crippen LogP contribution is -2.44. The van der Waals surface area contributed by atoms with Crippen LogP contribution in [0.25, 0.3) is 0 Å². The van der Waals surface area contributed by atoms with Crippen molar-refractivity contribution >= 4 is 18.3 Å². The number of ether oxygens (including phenoxy) is 1. The van der Waals surface area contributed by atoms with Crippen molar-refractivity contribution in [3.63, 3.8) is 0 Å². The van der Waals surface area contributed by atoms with E-state index in [0.717, 1.165) is 51.1 Å². The fourth-order valence-electron chi connectivity index (χ4n) is 4.88. The number of amides is 1. The molecule has 1 aromatic heterocycles. The summed E-state index contributed by atoms with van der Waals surface area (Å²) >= 11 is 0. The smallest absolute Gasteiger partial charge is 0.252 e. The maximum atomic E-state index is 13.4. The molecule has 3 fully saturated rings. The van der Waals surface area contributed by atoms with Gasteiger partial charge in [-0.05, 0) is 64.0 Å². The second-order valence-corrected chi connectivity index (χ2v) is 8.16. The van der Waals surface area contributed by atoms with Crippen LogP contribution in [0.15, 0.2) is 12.4 Å². The molecule has 4 rings (SSSR count). The zero-order valence-corrected chi connectivity index (χ0v) is 17.3. The molecule has 3 aliphatic rings. The van der Waals surface area contributed by atoms with Crippen LogP contribution in [-0.4, -0.2) is 51.7 Å². The molecule has 27 heavy (non-hydrogen) atoms. The van der Waals surface area contributed by atoms with Gasteiger partial charge in [-0.1, -0.05) is 6.92 Å². The molecule has 6 nitrogen and oxygen atoms in total. The van der Waals surface area contributed by atoms with Crippen molar-refractivity contribution in [3.05, 3.63) is 18.2 Å². The minimum atomic E-state index is -0.260. The van der Waals surface area contributed by atoms with Gasteiger partial charge >= 0.3 is 0 Å². The minimum Gasteiger partial charge on any atom is -0.365 e. The van der Waals surface area contributed by atoms with E-state index in [1.807, 2.05) is 12.4 Å². The van der Waals surface area contributed by atoms with E-state index < -0.39 is 0 Å². The summed E-state index contributed by atoms with van der Waals surface area (Å²) in [7, 11) is 0. The first-order chi connectivity index (χ1) is 12.7. The van der Waals surface area contributed by atoms with Crippen molar-refractivity contribution in [3.8, 4) is 0 Å². The van der Waals surface area contributed by atoms with Crippen LogP contribution in [-0.2, 0) is 22.6 Å². The van der Waals surface area contributed by atoms with Gasteiger partial charge in [-0.3, -0.25) is 4.79 Å². The van der Waals surface area contributed by atoms with Gasteiger partial charge < -0.3 is 19.5 Å². The second-order valence-electron chi connectivity index (χ2n) is 8.16. The van der Waals surface area contributed by atoms with Crippen molar-refractivity contribution in [1.29, 1.82) is 0 Å². The third kappa shape index (κ3) is 4.03. The van der Waals surface area contributed by atoms with Gasteiger partial charge in [0.15, 0.2) is 0 Å². The Bertz CT molecular complexity index is 644. The van der Waals surface area contributed by atoms with Crippen molar-refractivity contribution in [1.82, 2.24) is 19.8 Å². The number of aryl methyl sites for hydroxylation is 1. The zero-order valence-electron chi connectivity index (χ0n) is 16.5. The van der Waals surface area contributed by atoms with E-state index >= 15 is 0 Å². The Balaban J connectivity index is 0.00000210. The molecule has 2 aliphatic heterocycles. The average Bonchev–Trinajstić information content (AvgIpc) is 3.07. The van der Waals surface area contributed by atoms with Crippen molar-refractivity contribution in [2.75, 3.05) is 13.1 Å². The van der Waals surface area contributed by atoms with Gasteiger partial charge in [0, 0.05) is 25.0 Å². The Morgan fingerprint density at radius 1 is 1.37 bits per heavy atom. The quantitative estimate of drug-likeness (QED) is 0.803. The maximum Gasteiger partial charge on any atom is 0.252 e. The van der Waals surface area contributed by atoms with Crippen LogP contribution in [0.4, 0.5) is 0 Å². The Morgan fingerprint density at radius 3 is 2.81 bits per heavy atom. The SMILES string of the molecule is CCC1CCC(C(=O)N(Cc2nccn2CC)C2CC23CCNCC3)O1.Cl. The fraction of sp³-hybridized carbons (Fsp3) is 0.800. The summed E-state index contributed by atoms with van der Waals surface area (Å²) in [6.07, 6.45) is 10.2. The average molecular weight is 397 g/mol. The predicted molar refractivity (Wildman–Crippen MR) is 107 cm³/mol. The number of rotatable bonds is 6. The van der Waals surface area contributed by atoms with Gasteiger partial charge in [0.05, 0.1) is 12.6 Å². The summed E-state index contributed by atoms with van der Waals surface area (Å²) in [6.45, 7) is 7.89. The summed E-state index contributed by atoms with van der Waals surface area (Å²) in [6, 6.07) is 0.350. The Hall–Kier alpha value is -1.11. The number of carbonyl (C=O) groups excluding carboxylic acids is 1. The molecular weight excluding hydrogens is 364 g/mol. The monoisotopic (exact) mass is 396 g/mol. The molecule has 1 spiro atoms. The largest absolute Gasteiger partial charge is 0.365 e. The van der Waals surface area contributed by atoms with E-state index in [2.05, 4.69) is 33.6 Å². The third-order valence-corrected chi connectivity index (χ3v) is 6.70. The number of halogens is 1. The minimum absolute atomic E-state index is 0. The van der Waals surface area contributed by atoms with E-state index in [1.165, 1.54) is 12.8 Å². The van der Waals surface area contributed by atoms with E-state index in [0.29, 0.717) is 18.0 Å². The highest BCUT2D eigenvalue weighted by molar-refractivity contribution is 5.85. The van der Waals surface area contributed by atoms with Gasteiger partial charge in [0.1, 0.15) is 11.9 Å². The molecule has 0 aromatic carbocycles. The van der Waals surface area contributed by atoms with Crippen molar-refractivity contribution < 1.29 is 9.53 Å². The molecule has 1 amide bonds. The lowest BCUT2D eigenvalue weighted by molar-refractivity contribution is -0.145. The molecule has 3 atom stereocenters. The first-order valence-corrected chi connectivity index (χ1v) is 10.3. The van der Waals surface area contributed by atoms with Gasteiger partial charge in [-0.2, -0.15) is 0 Å². The molecule has 1 saturated carbocycles. The Labute approximate surface area is 168 Å². The normalized spacial score (nSPS) is 28.7. The molecule has 3 heterocycles. The lowest BCUT2D eigenvalue weighted by atomic mass is 9.93. The number of aromatic nitrogens is 2. The summed E-state index contributed by atoms with van der Waals surface area (Å²) in [5.74, 6) is 1.17. The first-order valence-electron chi connectivity index (χ1n) is 10.3. The number of nitrogens with one attached hydrogen (secondary N) is 1. The highest BCUT2D eigenvalue weighted by Gasteiger charge is 2.58. The number of hydrogen-bond donors (Lipinski definition) is 1. The van der Waals surface area contributed by atoms with Crippen LogP contribution in [0.3, 0.4) is 0 Å². The molecule has 0 radical (unpaired) electrons. The molecule has 1 aliphatic carbocycles. The third-order valence-electron chi connectivity index (χ3n) is 6.70. The molecule has 2 saturated heterocycles. The van der Waals surface area contributed by atoms with Crippen LogP contribution in [0.5, 0.6) is 0 Å². The Kier molecular flexibility index (Phi) is 6.49. The number of hydrogen-bond acceptors (Lipinski definition) is 4. The highest BCUT2D eigenvalue weighted by Crippen LogP contribution is 2.56. The number of carbonyl (C=O) groups is 1. The number of piperidine rings is 1. The van der Waals surface area contributed by atoms with Gasteiger partial charge in [0.25, 0.3) is 5.91 Å². The number of nitrogens with zero attached hydrogens (tertiary/aromatic N) is 3. The van der Waals surface area contributed by atoms with Crippen LogP contribution in [0.2, 0.25) is 0 Å². The van der Waals surface area contributed by atoms with Crippen LogP contribution >= 0.6 is 12.4 Å². The standard InChI is InChI=1S/C20H32N4O2.ClH/c1-3-15-5-6-16(26-15)19(25)24(14-18-22-11-12-23(18)4-2)17-13-20(17)7-9-21-10-8-20;/h11-12,15-17,21H,3-10,13-14H2,1-2H3;1H. The molecule has 0 bridgehead atoms. The number of imidazole rings is 1. The van der Waals surface area contributed by atoms with Gasteiger partial charge in [0.2, 0.25) is 0 Å². The summed E-state index contributed by atoms with van der Waals surface area (Å²) < 4.78 is 8.19. The van der Waals surface area contributed by atoms with Crippen LogP contribution in [0.1, 0.15) is 58.2 Å². The van der Waals surface area contributed by atoms with Gasteiger partial charge in [-0.15, -0.1) is 12.4 Å². The highest BCUT2D eigenvalue weighted by atomic mass is 35.5. The van der Waals surface area contributed by atoms with E-state index in [4.69, 9.17) is 4.74 Å². The van der Waals surface area contributed by atoms with E-state index in [1.54, 1.807) is 0 Å². The summed E-state index contributed by atoms with van der Waals surface area (Å²) in [5, 5.41) is 3.46. The first kappa shape index (κ1) is 20.6. The molecule has 7 heteroatoms. The van der Waals surface area contributed by atoms with Gasteiger partial charge in [-0.25, -0.2) is 4.98 Å². The van der Waals surface area contributed by atoms with Crippen LogP contribution in [0, 0.1) is 5.41 Å². The lowest BCUT2D eigenvalue weighted by Gasteiger charge is -2.31. The Morgan fingerprint density at radius 2 is 2.15 bits per heavy atom. The van der Waals surface area contributed by atoms with E-state index in [9.17, 15) is 4.79 Å². The zero-order chi connectivity index (χ0) is 18.1. The molecule has 1 N–H and O–H groups in total. The van der Waals surface area contributed by atoms with Crippen LogP contribution < -0.4 is 5.32 Å². The summed E-state index contributed by atoms with van der Waals surface area (Å²) in [4.78, 5) is 20.0. The van der Waals surface area contributed by atoms with Crippen molar-refractivity contribution in [2.24, 2.45) is 5.41 Å².